The van der Waals surface area contributed by atoms with Crippen molar-refractivity contribution >= 4 is 0 Å². The summed E-state index contributed by atoms with van der Waals surface area (Å²) in [4.78, 5) is 0. The van der Waals surface area contributed by atoms with E-state index in [1.165, 1.54) is 44.9 Å². The van der Waals surface area contributed by atoms with E-state index in [0.29, 0.717) is 6.10 Å². The lowest BCUT2D eigenvalue weighted by Crippen LogP contribution is -2.53. The number of rotatable bonds is 5. The molecule has 0 radical (unpaired) electrons. The summed E-state index contributed by atoms with van der Waals surface area (Å²) in [6, 6.07) is 0. The Labute approximate surface area is 107 Å². The predicted molar refractivity (Wildman–Crippen MR) is 72.2 cm³/mol. The highest BCUT2D eigenvalue weighted by Crippen LogP contribution is 2.33. The van der Waals surface area contributed by atoms with Gasteiger partial charge in [0, 0.05) is 13.1 Å². The summed E-state index contributed by atoms with van der Waals surface area (Å²) in [6.45, 7) is 6.66. The fourth-order valence-corrected chi connectivity index (χ4v) is 3.64. The van der Waals surface area contributed by atoms with E-state index in [1.807, 2.05) is 0 Å². The smallest absolute Gasteiger partial charge is 0.0808 e. The Morgan fingerprint density at radius 1 is 1.24 bits per heavy atom. The first-order valence-electron chi connectivity index (χ1n) is 7.66. The van der Waals surface area contributed by atoms with Gasteiger partial charge in [-0.3, -0.25) is 0 Å². The van der Waals surface area contributed by atoms with Crippen LogP contribution in [0, 0.1) is 5.92 Å². The largest absolute Gasteiger partial charge is 0.369 e. The summed E-state index contributed by atoms with van der Waals surface area (Å²) >= 11 is 0. The van der Waals surface area contributed by atoms with Gasteiger partial charge in [0.15, 0.2) is 0 Å². The number of hydrogen-bond donors (Lipinski definition) is 1. The molecule has 100 valence electrons. The van der Waals surface area contributed by atoms with Crippen molar-refractivity contribution < 1.29 is 4.74 Å². The monoisotopic (exact) mass is 239 g/mol. The van der Waals surface area contributed by atoms with Crippen molar-refractivity contribution in [2.75, 3.05) is 13.1 Å². The maximum absolute atomic E-state index is 6.46. The van der Waals surface area contributed by atoms with Crippen molar-refractivity contribution in [3.8, 4) is 0 Å². The second-order valence-corrected chi connectivity index (χ2v) is 6.04. The van der Waals surface area contributed by atoms with Gasteiger partial charge in [-0.2, -0.15) is 0 Å². The zero-order chi connectivity index (χ0) is 12.1. The van der Waals surface area contributed by atoms with Crippen LogP contribution in [-0.2, 0) is 4.74 Å². The summed E-state index contributed by atoms with van der Waals surface area (Å²) in [5.41, 5.74) is 0.135. The normalized spacial score (nSPS) is 35.3. The second kappa shape index (κ2) is 6.19. The average Bonchev–Trinajstić information content (AvgIpc) is 2.83. The zero-order valence-corrected chi connectivity index (χ0v) is 11.6. The third kappa shape index (κ3) is 3.45. The van der Waals surface area contributed by atoms with E-state index in [4.69, 9.17) is 4.74 Å². The highest BCUT2D eigenvalue weighted by molar-refractivity contribution is 4.89. The lowest BCUT2D eigenvalue weighted by Gasteiger charge is -2.42. The van der Waals surface area contributed by atoms with Gasteiger partial charge in [-0.15, -0.1) is 0 Å². The van der Waals surface area contributed by atoms with Gasteiger partial charge in [0.1, 0.15) is 0 Å². The van der Waals surface area contributed by atoms with Gasteiger partial charge < -0.3 is 10.1 Å². The standard InChI is InChI=1S/C15H29NO/c1-3-9-15(4-2)12-16-11-14(17-15)10-13-7-5-6-8-13/h13-14,16H,3-12H2,1-2H3. The van der Waals surface area contributed by atoms with Crippen LogP contribution in [0.2, 0.25) is 0 Å². The van der Waals surface area contributed by atoms with E-state index in [-0.39, 0.29) is 5.60 Å². The average molecular weight is 239 g/mol. The number of hydrogen-bond acceptors (Lipinski definition) is 2. The van der Waals surface area contributed by atoms with E-state index < -0.39 is 0 Å². The van der Waals surface area contributed by atoms with Gasteiger partial charge in [-0.1, -0.05) is 46.0 Å². The van der Waals surface area contributed by atoms with Crippen LogP contribution < -0.4 is 5.32 Å². The second-order valence-electron chi connectivity index (χ2n) is 6.04. The maximum Gasteiger partial charge on any atom is 0.0808 e. The minimum absolute atomic E-state index is 0.135. The van der Waals surface area contributed by atoms with Crippen LogP contribution in [0.3, 0.4) is 0 Å². The fourth-order valence-electron chi connectivity index (χ4n) is 3.64. The van der Waals surface area contributed by atoms with Crippen LogP contribution in [0.5, 0.6) is 0 Å². The predicted octanol–water partition coefficient (Wildman–Crippen LogP) is 3.50. The molecule has 2 unspecified atom stereocenters. The molecule has 2 fully saturated rings. The molecule has 1 aliphatic carbocycles. The van der Waals surface area contributed by atoms with Crippen molar-refractivity contribution in [3.63, 3.8) is 0 Å². The molecule has 0 spiro atoms. The first-order chi connectivity index (χ1) is 8.28. The Hall–Kier alpha value is -0.0800. The molecule has 2 atom stereocenters. The summed E-state index contributed by atoms with van der Waals surface area (Å²) in [5.74, 6) is 0.941. The van der Waals surface area contributed by atoms with Gasteiger partial charge in [0.05, 0.1) is 11.7 Å². The van der Waals surface area contributed by atoms with Crippen LogP contribution in [0.15, 0.2) is 0 Å². The first kappa shape index (κ1) is 13.4. The zero-order valence-electron chi connectivity index (χ0n) is 11.6. The molecule has 1 heterocycles. The van der Waals surface area contributed by atoms with Crippen molar-refractivity contribution in [2.45, 2.75) is 76.9 Å². The van der Waals surface area contributed by atoms with Crippen LogP contribution in [0.25, 0.3) is 0 Å². The van der Waals surface area contributed by atoms with Crippen molar-refractivity contribution in [1.82, 2.24) is 5.32 Å². The summed E-state index contributed by atoms with van der Waals surface area (Å²) in [7, 11) is 0. The molecular weight excluding hydrogens is 210 g/mol. The molecule has 2 nitrogen and oxygen atoms in total. The van der Waals surface area contributed by atoms with Crippen molar-refractivity contribution in [2.24, 2.45) is 5.92 Å². The van der Waals surface area contributed by atoms with Gasteiger partial charge in [0.25, 0.3) is 0 Å². The van der Waals surface area contributed by atoms with Gasteiger partial charge in [0.2, 0.25) is 0 Å². The van der Waals surface area contributed by atoms with Gasteiger partial charge in [-0.05, 0) is 25.2 Å². The Morgan fingerprint density at radius 2 is 2.00 bits per heavy atom. The highest BCUT2D eigenvalue weighted by atomic mass is 16.5. The number of nitrogens with one attached hydrogen (secondary N) is 1. The minimum Gasteiger partial charge on any atom is -0.369 e. The molecule has 0 aromatic carbocycles. The van der Waals surface area contributed by atoms with E-state index in [2.05, 4.69) is 19.2 Å². The van der Waals surface area contributed by atoms with E-state index in [9.17, 15) is 0 Å². The van der Waals surface area contributed by atoms with Crippen LogP contribution in [0.1, 0.15) is 65.2 Å². The Kier molecular flexibility index (Phi) is 4.87. The maximum atomic E-state index is 6.46. The number of morpholine rings is 1. The molecule has 17 heavy (non-hydrogen) atoms. The molecule has 2 heteroatoms. The van der Waals surface area contributed by atoms with Gasteiger partial charge in [-0.25, -0.2) is 0 Å². The molecule has 2 rings (SSSR count). The van der Waals surface area contributed by atoms with Crippen LogP contribution >= 0.6 is 0 Å². The van der Waals surface area contributed by atoms with E-state index in [1.54, 1.807) is 0 Å². The molecule has 0 amide bonds. The molecule has 1 saturated heterocycles. The summed E-state index contributed by atoms with van der Waals surface area (Å²) < 4.78 is 6.46. The molecular formula is C15H29NO. The quantitative estimate of drug-likeness (QED) is 0.793. The molecule has 2 aliphatic rings. The molecule has 0 aromatic rings. The molecule has 1 aliphatic heterocycles. The van der Waals surface area contributed by atoms with Crippen LogP contribution in [0.4, 0.5) is 0 Å². The summed E-state index contributed by atoms with van der Waals surface area (Å²) in [6.07, 6.45) is 11.1. The molecule has 1 saturated carbocycles. The highest BCUT2D eigenvalue weighted by Gasteiger charge is 2.35. The Morgan fingerprint density at radius 3 is 2.65 bits per heavy atom. The lowest BCUT2D eigenvalue weighted by molar-refractivity contribution is -0.128. The third-order valence-corrected chi connectivity index (χ3v) is 4.66. The van der Waals surface area contributed by atoms with Crippen molar-refractivity contribution in [1.29, 1.82) is 0 Å². The fraction of sp³-hybridized carbons (Fsp3) is 1.00. The lowest BCUT2D eigenvalue weighted by atomic mass is 9.91. The SMILES string of the molecule is CCCC1(CC)CNCC(CC2CCCC2)O1. The molecule has 0 aromatic heterocycles. The molecule has 1 N–H and O–H groups in total. The van der Waals surface area contributed by atoms with E-state index >= 15 is 0 Å². The van der Waals surface area contributed by atoms with Gasteiger partial charge >= 0.3 is 0 Å². The van der Waals surface area contributed by atoms with Crippen molar-refractivity contribution in [3.05, 3.63) is 0 Å². The summed E-state index contributed by atoms with van der Waals surface area (Å²) in [5, 5.41) is 3.61. The van der Waals surface area contributed by atoms with E-state index in [0.717, 1.165) is 25.4 Å². The number of ether oxygens (including phenoxy) is 1. The Balaban J connectivity index is 1.86. The van der Waals surface area contributed by atoms with Crippen LogP contribution in [-0.4, -0.2) is 24.8 Å². The topological polar surface area (TPSA) is 21.3 Å². The minimum atomic E-state index is 0.135. The third-order valence-electron chi connectivity index (χ3n) is 4.66. The first-order valence-corrected chi connectivity index (χ1v) is 7.66. The Bertz CT molecular complexity index is 221. The molecule has 0 bridgehead atoms.